The van der Waals surface area contributed by atoms with E-state index in [2.05, 4.69) is 5.32 Å². The lowest BCUT2D eigenvalue weighted by molar-refractivity contribution is -0.119. The first-order chi connectivity index (χ1) is 7.41. The fraction of sp³-hybridized carbons (Fsp3) is 0.200. The topological polar surface area (TPSA) is 92.4 Å². The molecule has 0 saturated heterocycles. The number of hydrogen-bond acceptors (Lipinski definition) is 3. The number of phenols is 1. The van der Waals surface area contributed by atoms with Crippen LogP contribution in [0.1, 0.15) is 17.3 Å². The highest BCUT2D eigenvalue weighted by molar-refractivity contribution is 5.97. The number of rotatable bonds is 3. The second-order valence-corrected chi connectivity index (χ2v) is 3.26. The Balaban J connectivity index is 2.81. The first-order valence-corrected chi connectivity index (χ1v) is 4.50. The summed E-state index contributed by atoms with van der Waals surface area (Å²) in [5.74, 6) is -2.74. The summed E-state index contributed by atoms with van der Waals surface area (Å²) in [5, 5.41) is 11.3. The van der Waals surface area contributed by atoms with Crippen LogP contribution >= 0.6 is 0 Å². The first kappa shape index (κ1) is 12.0. The van der Waals surface area contributed by atoms with Gasteiger partial charge in [-0.25, -0.2) is 4.39 Å². The van der Waals surface area contributed by atoms with Crippen molar-refractivity contribution in [1.82, 2.24) is 5.32 Å². The second-order valence-electron chi connectivity index (χ2n) is 3.26. The molecular formula is C10H11FN2O3. The average Bonchev–Trinajstić information content (AvgIpc) is 2.21. The lowest BCUT2D eigenvalue weighted by atomic mass is 10.2. The van der Waals surface area contributed by atoms with Crippen molar-refractivity contribution >= 4 is 11.8 Å². The summed E-state index contributed by atoms with van der Waals surface area (Å²) in [6.07, 6.45) is 0. The fourth-order valence-corrected chi connectivity index (χ4v) is 1.01. The number of phenolic OH excluding ortho intramolecular Hbond substituents is 1. The van der Waals surface area contributed by atoms with Gasteiger partial charge in [-0.05, 0) is 25.1 Å². The molecule has 1 aromatic carbocycles. The summed E-state index contributed by atoms with van der Waals surface area (Å²) in [6, 6.07) is 2.29. The Morgan fingerprint density at radius 1 is 1.50 bits per heavy atom. The largest absolute Gasteiger partial charge is 0.505 e. The van der Waals surface area contributed by atoms with E-state index in [1.807, 2.05) is 0 Å². The van der Waals surface area contributed by atoms with Crippen LogP contribution in [0.4, 0.5) is 4.39 Å². The van der Waals surface area contributed by atoms with E-state index in [1.165, 1.54) is 13.0 Å². The van der Waals surface area contributed by atoms with Crippen LogP contribution < -0.4 is 11.1 Å². The molecule has 0 saturated carbocycles. The number of aromatic hydroxyl groups is 1. The normalized spacial score (nSPS) is 11.9. The van der Waals surface area contributed by atoms with Crippen LogP contribution in [0.3, 0.4) is 0 Å². The zero-order chi connectivity index (χ0) is 12.3. The third-order valence-corrected chi connectivity index (χ3v) is 1.98. The van der Waals surface area contributed by atoms with E-state index in [0.717, 1.165) is 12.1 Å². The summed E-state index contributed by atoms with van der Waals surface area (Å²) in [6.45, 7) is 1.42. The predicted molar refractivity (Wildman–Crippen MR) is 54.2 cm³/mol. The van der Waals surface area contributed by atoms with Gasteiger partial charge in [0.15, 0.2) is 11.6 Å². The molecule has 0 bridgehead atoms. The van der Waals surface area contributed by atoms with Crippen molar-refractivity contribution in [2.75, 3.05) is 0 Å². The molecule has 0 aliphatic carbocycles. The van der Waals surface area contributed by atoms with Gasteiger partial charge < -0.3 is 16.2 Å². The van der Waals surface area contributed by atoms with Gasteiger partial charge in [0.25, 0.3) is 5.91 Å². The molecule has 0 unspecified atom stereocenters. The minimum Gasteiger partial charge on any atom is -0.505 e. The third-order valence-electron chi connectivity index (χ3n) is 1.98. The number of primary amides is 1. The number of carbonyl (C=O) groups excluding carboxylic acids is 2. The summed E-state index contributed by atoms with van der Waals surface area (Å²) < 4.78 is 12.7. The summed E-state index contributed by atoms with van der Waals surface area (Å²) in [7, 11) is 0. The van der Waals surface area contributed by atoms with E-state index in [9.17, 15) is 14.0 Å². The monoisotopic (exact) mass is 226 g/mol. The minimum atomic E-state index is -0.834. The lowest BCUT2D eigenvalue weighted by Gasteiger charge is -2.10. The second kappa shape index (κ2) is 4.61. The number of benzene rings is 1. The molecule has 0 fully saturated rings. The Morgan fingerprint density at radius 2 is 2.12 bits per heavy atom. The maximum atomic E-state index is 12.7. The van der Waals surface area contributed by atoms with Crippen LogP contribution in [0.2, 0.25) is 0 Å². The van der Waals surface area contributed by atoms with E-state index < -0.39 is 29.4 Å². The van der Waals surface area contributed by atoms with E-state index in [1.54, 1.807) is 0 Å². The van der Waals surface area contributed by atoms with Crippen LogP contribution in [0.15, 0.2) is 18.2 Å². The highest BCUT2D eigenvalue weighted by atomic mass is 19.1. The van der Waals surface area contributed by atoms with Crippen molar-refractivity contribution in [2.45, 2.75) is 13.0 Å². The Kier molecular flexibility index (Phi) is 3.44. The maximum Gasteiger partial charge on any atom is 0.252 e. The van der Waals surface area contributed by atoms with Crippen molar-refractivity contribution < 1.29 is 19.1 Å². The number of halogens is 1. The Hall–Kier alpha value is -2.11. The zero-order valence-corrected chi connectivity index (χ0v) is 8.53. The molecule has 0 aromatic heterocycles. The van der Waals surface area contributed by atoms with Gasteiger partial charge in [0.2, 0.25) is 5.91 Å². The summed E-state index contributed by atoms with van der Waals surface area (Å²) >= 11 is 0. The lowest BCUT2D eigenvalue weighted by Crippen LogP contribution is -2.42. The average molecular weight is 226 g/mol. The van der Waals surface area contributed by atoms with Crippen LogP contribution in [0, 0.1) is 5.82 Å². The first-order valence-electron chi connectivity index (χ1n) is 4.50. The number of amides is 2. The van der Waals surface area contributed by atoms with Gasteiger partial charge in [-0.1, -0.05) is 0 Å². The van der Waals surface area contributed by atoms with Gasteiger partial charge in [0.1, 0.15) is 6.04 Å². The molecule has 2 amide bonds. The van der Waals surface area contributed by atoms with Gasteiger partial charge in [0.05, 0.1) is 0 Å². The molecule has 0 radical (unpaired) electrons. The van der Waals surface area contributed by atoms with Crippen LogP contribution in [0.25, 0.3) is 0 Å². The summed E-state index contributed by atoms with van der Waals surface area (Å²) in [4.78, 5) is 22.2. The molecular weight excluding hydrogens is 215 g/mol. The molecule has 1 rings (SSSR count). The SMILES string of the molecule is C[C@H](NC(=O)c1ccc(F)c(O)c1)C(N)=O. The van der Waals surface area contributed by atoms with Gasteiger partial charge in [0, 0.05) is 5.56 Å². The van der Waals surface area contributed by atoms with Gasteiger partial charge in [-0.15, -0.1) is 0 Å². The highest BCUT2D eigenvalue weighted by Gasteiger charge is 2.14. The molecule has 1 atom stereocenters. The Morgan fingerprint density at radius 3 is 2.62 bits per heavy atom. The molecule has 6 heteroatoms. The minimum absolute atomic E-state index is 0.0481. The van der Waals surface area contributed by atoms with Gasteiger partial charge in [-0.3, -0.25) is 9.59 Å². The van der Waals surface area contributed by atoms with Gasteiger partial charge in [-0.2, -0.15) is 0 Å². The maximum absolute atomic E-state index is 12.7. The molecule has 86 valence electrons. The van der Waals surface area contributed by atoms with Crippen LogP contribution in [-0.4, -0.2) is 23.0 Å². The zero-order valence-electron chi connectivity index (χ0n) is 8.53. The summed E-state index contributed by atoms with van der Waals surface area (Å²) in [5.41, 5.74) is 5.00. The Bertz CT molecular complexity index is 434. The molecule has 1 aromatic rings. The highest BCUT2D eigenvalue weighted by Crippen LogP contribution is 2.16. The molecule has 5 nitrogen and oxygen atoms in total. The van der Waals surface area contributed by atoms with E-state index in [-0.39, 0.29) is 5.56 Å². The molecule has 4 N–H and O–H groups in total. The number of hydrogen-bond donors (Lipinski definition) is 3. The molecule has 16 heavy (non-hydrogen) atoms. The molecule has 0 aliphatic heterocycles. The fourth-order valence-electron chi connectivity index (χ4n) is 1.01. The number of carbonyl (C=O) groups is 2. The van der Waals surface area contributed by atoms with E-state index in [0.29, 0.717) is 0 Å². The quantitative estimate of drug-likeness (QED) is 0.684. The van der Waals surface area contributed by atoms with Crippen molar-refractivity contribution in [3.8, 4) is 5.75 Å². The smallest absolute Gasteiger partial charge is 0.252 e. The third kappa shape index (κ3) is 2.69. The molecule has 0 spiro atoms. The van der Waals surface area contributed by atoms with Crippen LogP contribution in [0.5, 0.6) is 5.75 Å². The molecule has 0 heterocycles. The van der Waals surface area contributed by atoms with Crippen molar-refractivity contribution in [3.63, 3.8) is 0 Å². The van der Waals surface area contributed by atoms with E-state index >= 15 is 0 Å². The standard InChI is InChI=1S/C10H11FN2O3/c1-5(9(12)15)13-10(16)6-2-3-7(11)8(14)4-6/h2-5,14H,1H3,(H2,12,15)(H,13,16)/t5-/m0/s1. The van der Waals surface area contributed by atoms with Crippen LogP contribution in [-0.2, 0) is 4.79 Å². The van der Waals surface area contributed by atoms with Crippen molar-refractivity contribution in [3.05, 3.63) is 29.6 Å². The Labute approximate surface area is 91.1 Å². The number of nitrogens with two attached hydrogens (primary N) is 1. The van der Waals surface area contributed by atoms with Gasteiger partial charge >= 0.3 is 0 Å². The van der Waals surface area contributed by atoms with E-state index in [4.69, 9.17) is 10.8 Å². The predicted octanol–water partition coefficient (Wildman–Crippen LogP) is 0.135. The van der Waals surface area contributed by atoms with Crippen molar-refractivity contribution in [2.24, 2.45) is 5.73 Å². The van der Waals surface area contributed by atoms with Crippen molar-refractivity contribution in [1.29, 1.82) is 0 Å². The molecule has 0 aliphatic rings. The number of nitrogens with one attached hydrogen (secondary N) is 1.